The molecule has 2 nitrogen and oxygen atoms in total. The Morgan fingerprint density at radius 2 is 1.71 bits per heavy atom. The van der Waals surface area contributed by atoms with Crippen LogP contribution in [-0.4, -0.2) is 22.4 Å². The number of fused-ring (bicyclic) bond motifs is 2. The van der Waals surface area contributed by atoms with Gasteiger partial charge in [-0.25, -0.2) is 0 Å². The Kier molecular flexibility index (Phi) is 2.48. The highest BCUT2D eigenvalue weighted by Crippen LogP contribution is 2.74. The van der Waals surface area contributed by atoms with Crippen molar-refractivity contribution in [1.82, 2.24) is 0 Å². The van der Waals surface area contributed by atoms with Crippen LogP contribution in [-0.2, 0) is 4.74 Å². The number of aliphatic hydroxyl groups is 1. The van der Waals surface area contributed by atoms with Crippen molar-refractivity contribution in [3.05, 3.63) is 35.9 Å². The van der Waals surface area contributed by atoms with Crippen molar-refractivity contribution in [3.8, 4) is 0 Å². The van der Waals surface area contributed by atoms with E-state index in [2.05, 4.69) is 30.3 Å². The fourth-order valence-electron chi connectivity index (χ4n) is 6.27. The van der Waals surface area contributed by atoms with Gasteiger partial charge in [0.25, 0.3) is 0 Å². The van der Waals surface area contributed by atoms with Gasteiger partial charge in [-0.05, 0) is 37.2 Å². The molecule has 21 heavy (non-hydrogen) atoms. The van der Waals surface area contributed by atoms with Crippen molar-refractivity contribution < 1.29 is 9.84 Å². The number of hydrogen-bond donors (Lipinski definition) is 1. The van der Waals surface area contributed by atoms with Crippen LogP contribution in [0.1, 0.15) is 56.4 Å². The second-order valence-corrected chi connectivity index (χ2v) is 7.67. The molecule has 0 amide bonds. The van der Waals surface area contributed by atoms with E-state index in [1.807, 2.05) is 0 Å². The third-order valence-electron chi connectivity index (χ3n) is 6.98. The quantitative estimate of drug-likeness (QED) is 0.799. The smallest absolute Gasteiger partial charge is 0.106 e. The van der Waals surface area contributed by atoms with Crippen LogP contribution >= 0.6 is 0 Å². The predicted molar refractivity (Wildman–Crippen MR) is 81.0 cm³/mol. The fraction of sp³-hybridized carbons (Fsp3) is 0.684. The van der Waals surface area contributed by atoms with E-state index in [-0.39, 0.29) is 17.3 Å². The molecule has 1 aromatic rings. The lowest BCUT2D eigenvalue weighted by molar-refractivity contribution is -0.0557. The maximum absolute atomic E-state index is 11.0. The largest absolute Gasteiger partial charge is 0.392 e. The zero-order valence-corrected chi connectivity index (χ0v) is 12.5. The van der Waals surface area contributed by atoms with Gasteiger partial charge in [-0.15, -0.1) is 0 Å². The van der Waals surface area contributed by atoms with Gasteiger partial charge >= 0.3 is 0 Å². The highest BCUT2D eigenvalue weighted by atomic mass is 16.6. The van der Waals surface area contributed by atoms with Gasteiger partial charge in [0.2, 0.25) is 0 Å². The molecule has 1 aliphatic heterocycles. The van der Waals surface area contributed by atoms with Gasteiger partial charge in [0, 0.05) is 11.8 Å². The van der Waals surface area contributed by atoms with Crippen LogP contribution in [0.15, 0.2) is 30.3 Å². The summed E-state index contributed by atoms with van der Waals surface area (Å²) in [5.74, 6) is 1.21. The van der Waals surface area contributed by atoms with Gasteiger partial charge in [-0.3, -0.25) is 0 Å². The van der Waals surface area contributed by atoms with E-state index in [1.165, 1.54) is 50.5 Å². The maximum atomic E-state index is 11.0. The number of rotatable bonds is 1. The van der Waals surface area contributed by atoms with Crippen LogP contribution in [0.2, 0.25) is 0 Å². The van der Waals surface area contributed by atoms with Crippen molar-refractivity contribution in [2.45, 2.75) is 68.2 Å². The molecule has 0 radical (unpaired) electrons. The van der Waals surface area contributed by atoms with Crippen molar-refractivity contribution in [3.63, 3.8) is 0 Å². The minimum absolute atomic E-state index is 0.0160. The third-order valence-corrected chi connectivity index (χ3v) is 6.98. The third kappa shape index (κ3) is 1.41. The van der Waals surface area contributed by atoms with Crippen molar-refractivity contribution >= 4 is 0 Å². The summed E-state index contributed by atoms with van der Waals surface area (Å²) in [4.78, 5) is 0. The average molecular weight is 284 g/mol. The predicted octanol–water partition coefficient (Wildman–Crippen LogP) is 3.64. The molecule has 2 bridgehead atoms. The highest BCUT2D eigenvalue weighted by Gasteiger charge is 2.81. The van der Waals surface area contributed by atoms with E-state index in [4.69, 9.17) is 4.74 Å². The summed E-state index contributed by atoms with van der Waals surface area (Å²) in [6, 6.07) is 10.9. The molecule has 112 valence electrons. The Balaban J connectivity index is 1.66. The molecule has 0 unspecified atom stereocenters. The van der Waals surface area contributed by atoms with Gasteiger partial charge in [0.15, 0.2) is 0 Å². The molecule has 4 fully saturated rings. The Morgan fingerprint density at radius 1 is 0.952 bits per heavy atom. The molecule has 1 saturated heterocycles. The molecular weight excluding hydrogens is 260 g/mol. The summed E-state index contributed by atoms with van der Waals surface area (Å²) < 4.78 is 6.61. The molecule has 1 aromatic carbocycles. The maximum Gasteiger partial charge on any atom is 0.106 e. The molecule has 1 N–H and O–H groups in total. The van der Waals surface area contributed by atoms with Gasteiger partial charge in [0.05, 0.1) is 6.10 Å². The van der Waals surface area contributed by atoms with E-state index >= 15 is 0 Å². The summed E-state index contributed by atoms with van der Waals surface area (Å²) in [6.45, 7) is 0. The molecular formula is C19H24O2. The van der Waals surface area contributed by atoms with E-state index < -0.39 is 0 Å². The lowest BCUT2D eigenvalue weighted by Crippen LogP contribution is -2.57. The minimum atomic E-state index is -0.155. The van der Waals surface area contributed by atoms with Crippen LogP contribution < -0.4 is 0 Å². The number of benzene rings is 1. The summed E-state index contributed by atoms with van der Waals surface area (Å²) in [5.41, 5.74) is 1.47. The van der Waals surface area contributed by atoms with Crippen LogP contribution in [0, 0.1) is 11.8 Å². The second kappa shape index (κ2) is 4.11. The number of ether oxygens (including phenoxy) is 1. The zero-order chi connectivity index (χ0) is 14.1. The zero-order valence-electron chi connectivity index (χ0n) is 12.5. The van der Waals surface area contributed by atoms with Crippen molar-refractivity contribution in [1.29, 1.82) is 0 Å². The van der Waals surface area contributed by atoms with Crippen LogP contribution in [0.5, 0.6) is 0 Å². The first kappa shape index (κ1) is 12.7. The normalized spacial score (nSPS) is 50.9. The average Bonchev–Trinajstić information content (AvgIpc) is 3.20. The number of hydrogen-bond acceptors (Lipinski definition) is 2. The molecule has 0 spiro atoms. The fourth-order valence-corrected chi connectivity index (χ4v) is 6.27. The van der Waals surface area contributed by atoms with Gasteiger partial charge in [-0.1, -0.05) is 49.6 Å². The molecule has 4 aliphatic rings. The minimum Gasteiger partial charge on any atom is -0.392 e. The first-order valence-electron chi connectivity index (χ1n) is 8.72. The van der Waals surface area contributed by atoms with Crippen molar-refractivity contribution in [2.24, 2.45) is 11.8 Å². The summed E-state index contributed by atoms with van der Waals surface area (Å²) in [7, 11) is 0. The Labute approximate surface area is 126 Å². The molecule has 0 aromatic heterocycles. The topological polar surface area (TPSA) is 32.8 Å². The lowest BCUT2D eigenvalue weighted by atomic mass is 9.51. The standard InChI is InChI=1S/C19H24O2/c20-17-14-9-6-10-15(17)18-11-4-5-12-19(18,21-18)16(14)13-7-2-1-3-8-13/h1-3,7-8,14-17,20H,4-6,9-12H2/t14-,15+,16+,17+,18+,19-/m0/s1. The number of epoxide rings is 1. The van der Waals surface area contributed by atoms with Gasteiger partial charge < -0.3 is 9.84 Å². The SMILES string of the molecule is O[C@@H]1[C@H]2CCC[C@H]1[C@]13CCCC[C@]1(O3)[C@@H]2c1ccccc1. The summed E-state index contributed by atoms with van der Waals surface area (Å²) in [5, 5.41) is 11.0. The van der Waals surface area contributed by atoms with Gasteiger partial charge in [0.1, 0.15) is 11.2 Å². The first-order valence-corrected chi connectivity index (χ1v) is 8.72. The molecule has 6 atom stereocenters. The monoisotopic (exact) mass is 284 g/mol. The number of aliphatic hydroxyl groups excluding tert-OH is 1. The molecule has 3 aliphatic carbocycles. The first-order chi connectivity index (χ1) is 10.3. The van der Waals surface area contributed by atoms with Crippen LogP contribution in [0.25, 0.3) is 0 Å². The van der Waals surface area contributed by atoms with E-state index in [1.54, 1.807) is 0 Å². The van der Waals surface area contributed by atoms with Gasteiger partial charge in [-0.2, -0.15) is 0 Å². The van der Waals surface area contributed by atoms with E-state index in [0.717, 1.165) is 0 Å². The molecule has 2 heteroatoms. The Hall–Kier alpha value is -0.860. The van der Waals surface area contributed by atoms with E-state index in [9.17, 15) is 5.11 Å². The van der Waals surface area contributed by atoms with Crippen molar-refractivity contribution in [2.75, 3.05) is 0 Å². The second-order valence-electron chi connectivity index (χ2n) is 7.67. The Bertz CT molecular complexity index is 556. The highest BCUT2D eigenvalue weighted by molar-refractivity contribution is 5.38. The lowest BCUT2D eigenvalue weighted by Gasteiger charge is -2.51. The molecule has 5 rings (SSSR count). The molecule has 3 saturated carbocycles. The molecule has 1 heterocycles. The van der Waals surface area contributed by atoms with Crippen LogP contribution in [0.3, 0.4) is 0 Å². The van der Waals surface area contributed by atoms with Crippen LogP contribution in [0.4, 0.5) is 0 Å². The van der Waals surface area contributed by atoms with E-state index in [0.29, 0.717) is 17.8 Å². The summed E-state index contributed by atoms with van der Waals surface area (Å²) >= 11 is 0. The Morgan fingerprint density at radius 3 is 2.52 bits per heavy atom. The summed E-state index contributed by atoms with van der Waals surface area (Å²) in [6.07, 6.45) is 8.38.